The molecule has 0 fully saturated rings. The van der Waals surface area contributed by atoms with Gasteiger partial charge in [0.2, 0.25) is 5.95 Å². The molecule has 11 nitrogen and oxygen atoms in total. The third kappa shape index (κ3) is 5.23. The summed E-state index contributed by atoms with van der Waals surface area (Å²) in [6.07, 6.45) is 4.72. The molecular formula is C24H26N6O5S. The second-order valence-corrected chi connectivity index (χ2v) is 10.7. The summed E-state index contributed by atoms with van der Waals surface area (Å²) >= 11 is 0. The average molecular weight is 511 g/mol. The quantitative estimate of drug-likeness (QED) is 0.264. The number of aromatic nitrogens is 3. The van der Waals surface area contributed by atoms with Gasteiger partial charge in [0, 0.05) is 67.9 Å². The molecule has 0 atom stereocenters. The van der Waals surface area contributed by atoms with Crippen molar-refractivity contribution in [1.82, 2.24) is 14.5 Å². The third-order valence-electron chi connectivity index (χ3n) is 5.78. The zero-order chi connectivity index (χ0) is 26.0. The van der Waals surface area contributed by atoms with E-state index in [1.54, 1.807) is 19.3 Å². The average Bonchev–Trinajstić information content (AvgIpc) is 3.18. The molecule has 2 heterocycles. The molecule has 2 aromatic heterocycles. The highest BCUT2D eigenvalue weighted by Gasteiger charge is 2.23. The number of fused-ring (bicyclic) bond motifs is 1. The van der Waals surface area contributed by atoms with E-state index in [-0.39, 0.29) is 29.6 Å². The van der Waals surface area contributed by atoms with E-state index in [4.69, 9.17) is 4.74 Å². The van der Waals surface area contributed by atoms with Crippen LogP contribution in [0.2, 0.25) is 0 Å². The SMILES string of the molecule is COc1cc(N(C)CCS(C)(=O)=O)c([N+](=O)[O-])cc1Nc1nccc(-c2cn(C)c3ccccc23)n1. The van der Waals surface area contributed by atoms with E-state index in [0.717, 1.165) is 22.7 Å². The van der Waals surface area contributed by atoms with E-state index < -0.39 is 14.8 Å². The van der Waals surface area contributed by atoms with E-state index in [9.17, 15) is 18.5 Å². The smallest absolute Gasteiger partial charge is 0.294 e. The molecule has 4 rings (SSSR count). The Morgan fingerprint density at radius 2 is 1.97 bits per heavy atom. The lowest BCUT2D eigenvalue weighted by molar-refractivity contribution is -0.384. The number of ether oxygens (including phenoxy) is 1. The Bertz CT molecular complexity index is 1550. The van der Waals surface area contributed by atoms with Crippen LogP contribution in [0.5, 0.6) is 5.75 Å². The van der Waals surface area contributed by atoms with E-state index in [1.807, 2.05) is 42.1 Å². The van der Waals surface area contributed by atoms with Crippen molar-refractivity contribution in [3.8, 4) is 17.0 Å². The Balaban J connectivity index is 1.70. The molecule has 0 spiro atoms. The number of nitro benzene ring substituents is 1. The van der Waals surface area contributed by atoms with Gasteiger partial charge in [-0.1, -0.05) is 18.2 Å². The van der Waals surface area contributed by atoms with Crippen LogP contribution in [0.3, 0.4) is 0 Å². The number of methoxy groups -OCH3 is 1. The van der Waals surface area contributed by atoms with E-state index in [0.29, 0.717) is 17.1 Å². The fraction of sp³-hybridized carbons (Fsp3) is 0.250. The minimum Gasteiger partial charge on any atom is -0.494 e. The summed E-state index contributed by atoms with van der Waals surface area (Å²) in [5.41, 5.74) is 3.01. The maximum atomic E-state index is 11.9. The number of nitro groups is 1. The molecule has 0 saturated heterocycles. The molecule has 0 bridgehead atoms. The van der Waals surface area contributed by atoms with E-state index in [2.05, 4.69) is 15.3 Å². The summed E-state index contributed by atoms with van der Waals surface area (Å²) in [6, 6.07) is 12.6. The maximum absolute atomic E-state index is 11.9. The number of benzene rings is 2. The number of para-hydroxylation sites is 1. The van der Waals surface area contributed by atoms with E-state index in [1.165, 1.54) is 24.1 Å². The standard InChI is InChI=1S/C24H26N6O5S/c1-28(11-12-36(4,33)34)21-14-23(35-3)19(13-22(21)30(31)32)27-24-25-10-9-18(26-24)17-15-29(2)20-8-6-5-7-16(17)20/h5-10,13-15H,11-12H2,1-4H3,(H,25,26,27). The minimum absolute atomic E-state index is 0.0891. The molecule has 0 aliphatic rings. The van der Waals surface area contributed by atoms with Gasteiger partial charge in [0.25, 0.3) is 5.69 Å². The molecule has 0 radical (unpaired) electrons. The lowest BCUT2D eigenvalue weighted by Gasteiger charge is -2.20. The van der Waals surface area contributed by atoms with Gasteiger partial charge < -0.3 is 19.5 Å². The van der Waals surface area contributed by atoms with Crippen LogP contribution in [0.15, 0.2) is 54.9 Å². The maximum Gasteiger partial charge on any atom is 0.294 e. The molecule has 12 heteroatoms. The van der Waals surface area contributed by atoms with Gasteiger partial charge in [0.1, 0.15) is 21.3 Å². The third-order valence-corrected chi connectivity index (χ3v) is 6.70. The summed E-state index contributed by atoms with van der Waals surface area (Å²) < 4.78 is 30.6. The molecule has 4 aromatic rings. The highest BCUT2D eigenvalue weighted by Crippen LogP contribution is 2.39. The zero-order valence-electron chi connectivity index (χ0n) is 20.3. The lowest BCUT2D eigenvalue weighted by Crippen LogP contribution is -2.25. The van der Waals surface area contributed by atoms with Crippen molar-refractivity contribution in [2.24, 2.45) is 7.05 Å². The number of aryl methyl sites for hydroxylation is 1. The summed E-state index contributed by atoms with van der Waals surface area (Å²) in [7, 11) is 1.76. The van der Waals surface area contributed by atoms with Crippen LogP contribution in [0.4, 0.5) is 23.0 Å². The molecular weight excluding hydrogens is 484 g/mol. The van der Waals surface area contributed by atoms with Gasteiger partial charge in [-0.2, -0.15) is 0 Å². The Hall–Kier alpha value is -4.19. The Labute approximate surface area is 208 Å². The highest BCUT2D eigenvalue weighted by atomic mass is 32.2. The van der Waals surface area contributed by atoms with Gasteiger partial charge in [-0.25, -0.2) is 18.4 Å². The first kappa shape index (κ1) is 24.9. The van der Waals surface area contributed by atoms with Crippen LogP contribution < -0.4 is 15.0 Å². The summed E-state index contributed by atoms with van der Waals surface area (Å²) in [5.74, 6) is 0.421. The van der Waals surface area contributed by atoms with Crippen LogP contribution >= 0.6 is 0 Å². The van der Waals surface area contributed by atoms with Crippen LogP contribution in [-0.2, 0) is 16.9 Å². The molecule has 188 valence electrons. The molecule has 0 amide bonds. The summed E-state index contributed by atoms with van der Waals surface area (Å²) in [6.45, 7) is 0.0891. The van der Waals surface area contributed by atoms with Gasteiger partial charge in [-0.05, 0) is 12.1 Å². The second-order valence-electron chi connectivity index (χ2n) is 8.41. The number of nitrogens with zero attached hydrogens (tertiary/aromatic N) is 5. The Morgan fingerprint density at radius 1 is 1.22 bits per heavy atom. The Kier molecular flexibility index (Phi) is 6.80. The number of nitrogens with one attached hydrogen (secondary N) is 1. The molecule has 0 unspecified atom stereocenters. The molecule has 2 aromatic carbocycles. The van der Waals surface area contributed by atoms with Gasteiger partial charge in [0.15, 0.2) is 0 Å². The highest BCUT2D eigenvalue weighted by molar-refractivity contribution is 7.90. The summed E-state index contributed by atoms with van der Waals surface area (Å²) in [5, 5.41) is 15.9. The van der Waals surface area contributed by atoms with Gasteiger partial charge >= 0.3 is 0 Å². The van der Waals surface area contributed by atoms with Crippen LogP contribution in [0.25, 0.3) is 22.2 Å². The Morgan fingerprint density at radius 3 is 2.67 bits per heavy atom. The first-order chi connectivity index (χ1) is 17.1. The normalized spacial score (nSPS) is 11.4. The number of rotatable bonds is 9. The van der Waals surface area contributed by atoms with Crippen LogP contribution in [0, 0.1) is 10.1 Å². The largest absolute Gasteiger partial charge is 0.494 e. The second kappa shape index (κ2) is 9.82. The molecule has 0 saturated carbocycles. The number of anilines is 3. The molecule has 1 N–H and O–H groups in total. The first-order valence-corrected chi connectivity index (χ1v) is 13.0. The number of sulfone groups is 1. The van der Waals surface area contributed by atoms with Gasteiger partial charge in [-0.3, -0.25) is 10.1 Å². The van der Waals surface area contributed by atoms with Crippen molar-refractivity contribution in [2.45, 2.75) is 0 Å². The molecule has 36 heavy (non-hydrogen) atoms. The lowest BCUT2D eigenvalue weighted by atomic mass is 10.1. The van der Waals surface area contributed by atoms with Gasteiger partial charge in [0.05, 0.1) is 29.2 Å². The number of hydrogen-bond acceptors (Lipinski definition) is 9. The van der Waals surface area contributed by atoms with Crippen LogP contribution in [0.1, 0.15) is 0 Å². The topological polar surface area (TPSA) is 132 Å². The van der Waals surface area contributed by atoms with E-state index >= 15 is 0 Å². The van der Waals surface area contributed by atoms with Gasteiger partial charge in [-0.15, -0.1) is 0 Å². The fourth-order valence-corrected chi connectivity index (χ4v) is 4.54. The van der Waals surface area contributed by atoms with Crippen LogP contribution in [-0.4, -0.2) is 60.6 Å². The predicted octanol–water partition coefficient (Wildman–Crippen LogP) is 3.78. The van der Waals surface area contributed by atoms with Crippen molar-refractivity contribution in [3.05, 3.63) is 65.0 Å². The molecule has 0 aliphatic heterocycles. The fourth-order valence-electron chi connectivity index (χ4n) is 3.93. The van der Waals surface area contributed by atoms with Crippen molar-refractivity contribution in [3.63, 3.8) is 0 Å². The van der Waals surface area contributed by atoms with Crippen molar-refractivity contribution in [1.29, 1.82) is 0 Å². The van der Waals surface area contributed by atoms with Crippen molar-refractivity contribution in [2.75, 3.05) is 42.9 Å². The van der Waals surface area contributed by atoms with Crippen molar-refractivity contribution >= 4 is 43.8 Å². The predicted molar refractivity (Wildman–Crippen MR) is 140 cm³/mol. The minimum atomic E-state index is -3.24. The number of hydrogen-bond donors (Lipinski definition) is 1. The monoisotopic (exact) mass is 510 g/mol. The first-order valence-electron chi connectivity index (χ1n) is 11.0. The van der Waals surface area contributed by atoms with Crippen molar-refractivity contribution < 1.29 is 18.1 Å². The molecule has 0 aliphatic carbocycles. The summed E-state index contributed by atoms with van der Waals surface area (Å²) in [4.78, 5) is 21.8. The zero-order valence-corrected chi connectivity index (χ0v) is 21.1.